The highest BCUT2D eigenvalue weighted by molar-refractivity contribution is 5.96. The third kappa shape index (κ3) is 6.13. The number of hydrogen-bond donors (Lipinski definition) is 0. The number of Topliss-reactive ketones (excluding diaryl/α,β-unsaturated/α-hetero) is 1. The number of carbonyl (C=O) groups excluding carboxylic acids is 3. The summed E-state index contributed by atoms with van der Waals surface area (Å²) >= 11 is 0. The zero-order chi connectivity index (χ0) is 24.0. The molecular weight excluding hydrogens is 436 g/mol. The number of esters is 1. The lowest BCUT2D eigenvalue weighted by Crippen LogP contribution is -2.49. The minimum absolute atomic E-state index is 0.0667. The molecule has 2 aromatic carbocycles. The average molecular weight is 461 g/mol. The summed E-state index contributed by atoms with van der Waals surface area (Å²) in [6.45, 7) is 3.12. The van der Waals surface area contributed by atoms with Gasteiger partial charge in [-0.15, -0.1) is 0 Å². The molecule has 7 nitrogen and oxygen atoms in total. The van der Waals surface area contributed by atoms with Crippen molar-refractivity contribution in [2.75, 3.05) is 26.3 Å². The lowest BCUT2D eigenvalue weighted by Gasteiger charge is -2.34. The molecule has 2 atom stereocenters. The van der Waals surface area contributed by atoms with Gasteiger partial charge in [0.1, 0.15) is 12.7 Å². The molecule has 3 rings (SSSR count). The fourth-order valence-electron chi connectivity index (χ4n) is 3.48. The van der Waals surface area contributed by atoms with Gasteiger partial charge in [0.2, 0.25) is 6.10 Å². The molecule has 1 aliphatic rings. The number of amides is 1. The van der Waals surface area contributed by atoms with Gasteiger partial charge in [-0.3, -0.25) is 14.4 Å². The van der Waals surface area contributed by atoms with Crippen molar-refractivity contribution in [1.29, 1.82) is 0 Å². The summed E-state index contributed by atoms with van der Waals surface area (Å²) in [6.07, 6.45) is -1.65. The van der Waals surface area contributed by atoms with Crippen molar-refractivity contribution in [2.45, 2.75) is 32.5 Å². The lowest BCUT2D eigenvalue weighted by atomic mass is 10.1. The van der Waals surface area contributed by atoms with E-state index in [4.69, 9.17) is 14.2 Å². The fraction of sp³-hybridized carbons (Fsp3) is 0.375. The Balaban J connectivity index is 1.67. The number of morpholine rings is 1. The minimum Gasteiger partial charge on any atom is -0.485 e. The number of carbonyl (C=O) groups is 3. The smallest absolute Gasteiger partial charge is 0.303 e. The van der Waals surface area contributed by atoms with Crippen molar-refractivity contribution in [2.24, 2.45) is 0 Å². The number of nitrogens with zero attached hydrogens (tertiary/aromatic N) is 1. The summed E-state index contributed by atoms with van der Waals surface area (Å²) < 4.78 is 44.8. The summed E-state index contributed by atoms with van der Waals surface area (Å²) in [5, 5.41) is 0. The van der Waals surface area contributed by atoms with Gasteiger partial charge >= 0.3 is 5.97 Å². The molecule has 33 heavy (non-hydrogen) atoms. The molecule has 176 valence electrons. The van der Waals surface area contributed by atoms with Crippen LogP contribution in [-0.2, 0) is 19.1 Å². The first-order chi connectivity index (χ1) is 15.8. The van der Waals surface area contributed by atoms with Crippen molar-refractivity contribution in [3.63, 3.8) is 0 Å². The van der Waals surface area contributed by atoms with Gasteiger partial charge in [0.15, 0.2) is 23.2 Å². The Morgan fingerprint density at radius 3 is 2.42 bits per heavy atom. The monoisotopic (exact) mass is 461 g/mol. The van der Waals surface area contributed by atoms with Gasteiger partial charge in [-0.05, 0) is 12.1 Å². The molecular formula is C24H25F2NO6. The molecule has 2 unspecified atom stereocenters. The van der Waals surface area contributed by atoms with Crippen LogP contribution in [0.25, 0.3) is 0 Å². The van der Waals surface area contributed by atoms with Gasteiger partial charge in [-0.25, -0.2) is 8.78 Å². The SMILES string of the molecule is CCC(=O)c1cc(F)c(OCC2CN(C(=O)C(OC(C)=O)c3ccccc3)CCO2)c(F)c1. The van der Waals surface area contributed by atoms with Crippen LogP contribution in [0.4, 0.5) is 8.78 Å². The van der Waals surface area contributed by atoms with Gasteiger partial charge in [-0.1, -0.05) is 37.3 Å². The second-order valence-electron chi connectivity index (χ2n) is 7.53. The van der Waals surface area contributed by atoms with Crippen LogP contribution < -0.4 is 4.74 Å². The highest BCUT2D eigenvalue weighted by Gasteiger charge is 2.33. The molecule has 0 spiro atoms. The highest BCUT2D eigenvalue weighted by atomic mass is 19.1. The molecule has 0 radical (unpaired) electrons. The average Bonchev–Trinajstić information content (AvgIpc) is 2.81. The summed E-state index contributed by atoms with van der Waals surface area (Å²) in [7, 11) is 0. The molecule has 2 aromatic rings. The van der Waals surface area contributed by atoms with Crippen LogP contribution in [0.15, 0.2) is 42.5 Å². The molecule has 1 aliphatic heterocycles. The zero-order valence-electron chi connectivity index (χ0n) is 18.4. The predicted molar refractivity (Wildman–Crippen MR) is 114 cm³/mol. The van der Waals surface area contributed by atoms with E-state index in [2.05, 4.69) is 0 Å². The molecule has 0 N–H and O–H groups in total. The van der Waals surface area contributed by atoms with Gasteiger partial charge < -0.3 is 19.1 Å². The Morgan fingerprint density at radius 1 is 1.15 bits per heavy atom. The molecule has 0 aromatic heterocycles. The highest BCUT2D eigenvalue weighted by Crippen LogP contribution is 2.26. The van der Waals surface area contributed by atoms with Crippen LogP contribution in [0.2, 0.25) is 0 Å². The maximum atomic E-state index is 14.3. The number of benzene rings is 2. The largest absolute Gasteiger partial charge is 0.485 e. The van der Waals surface area contributed by atoms with Gasteiger partial charge in [0, 0.05) is 31.0 Å². The Hall–Kier alpha value is -3.33. The maximum Gasteiger partial charge on any atom is 0.303 e. The summed E-state index contributed by atoms with van der Waals surface area (Å²) in [5.74, 6) is -4.00. The number of halogens is 2. The molecule has 1 heterocycles. The van der Waals surface area contributed by atoms with Crippen LogP contribution in [0, 0.1) is 11.6 Å². The van der Waals surface area contributed by atoms with Crippen LogP contribution >= 0.6 is 0 Å². The lowest BCUT2D eigenvalue weighted by molar-refractivity contribution is -0.163. The molecule has 9 heteroatoms. The summed E-state index contributed by atoms with van der Waals surface area (Å²) in [5.41, 5.74) is 0.464. The van der Waals surface area contributed by atoms with E-state index in [9.17, 15) is 23.2 Å². The second kappa shape index (κ2) is 11.0. The van der Waals surface area contributed by atoms with E-state index in [0.717, 1.165) is 12.1 Å². The Morgan fingerprint density at radius 2 is 1.82 bits per heavy atom. The Kier molecular flexibility index (Phi) is 8.11. The zero-order valence-corrected chi connectivity index (χ0v) is 18.4. The Bertz CT molecular complexity index is 990. The molecule has 1 amide bonds. The first kappa shape index (κ1) is 24.3. The second-order valence-corrected chi connectivity index (χ2v) is 7.53. The third-order valence-electron chi connectivity index (χ3n) is 5.12. The normalized spacial score (nSPS) is 16.7. The standard InChI is InChI=1S/C24H25F2NO6/c1-3-21(29)17-11-19(25)23(20(26)12-17)32-14-18-13-27(9-10-31-18)24(30)22(33-15(2)28)16-7-5-4-6-8-16/h4-8,11-12,18,22H,3,9-10,13-14H2,1-2H3. The number of ether oxygens (including phenoxy) is 3. The van der Waals surface area contributed by atoms with E-state index < -0.39 is 41.5 Å². The number of rotatable bonds is 8. The van der Waals surface area contributed by atoms with Crippen molar-refractivity contribution >= 4 is 17.7 Å². The van der Waals surface area contributed by atoms with E-state index >= 15 is 0 Å². The molecule has 1 saturated heterocycles. The van der Waals surface area contributed by atoms with Crippen LogP contribution in [0.1, 0.15) is 42.3 Å². The molecule has 0 aliphatic carbocycles. The first-order valence-corrected chi connectivity index (χ1v) is 10.6. The minimum atomic E-state index is -1.11. The Labute approximate surface area is 190 Å². The summed E-state index contributed by atoms with van der Waals surface area (Å²) in [6, 6.07) is 10.5. The van der Waals surface area contributed by atoms with Crippen molar-refractivity contribution in [3.05, 3.63) is 65.2 Å². The quantitative estimate of drug-likeness (QED) is 0.442. The van der Waals surface area contributed by atoms with Gasteiger partial charge in [0.25, 0.3) is 5.91 Å². The fourth-order valence-corrected chi connectivity index (χ4v) is 3.48. The number of hydrogen-bond acceptors (Lipinski definition) is 6. The van der Waals surface area contributed by atoms with Crippen LogP contribution in [0.5, 0.6) is 5.75 Å². The molecule has 0 bridgehead atoms. The number of ketones is 1. The van der Waals surface area contributed by atoms with E-state index in [1.807, 2.05) is 0 Å². The summed E-state index contributed by atoms with van der Waals surface area (Å²) in [4.78, 5) is 37.8. The van der Waals surface area contributed by atoms with E-state index in [-0.39, 0.29) is 44.1 Å². The topological polar surface area (TPSA) is 82.1 Å². The van der Waals surface area contributed by atoms with E-state index in [1.165, 1.54) is 11.8 Å². The van der Waals surface area contributed by atoms with Crippen molar-refractivity contribution < 1.29 is 37.4 Å². The molecule has 1 fully saturated rings. The van der Waals surface area contributed by atoms with Gasteiger partial charge in [0.05, 0.1) is 13.2 Å². The maximum absolute atomic E-state index is 14.3. The molecule has 0 saturated carbocycles. The van der Waals surface area contributed by atoms with Crippen molar-refractivity contribution in [3.8, 4) is 5.75 Å². The van der Waals surface area contributed by atoms with Gasteiger partial charge in [-0.2, -0.15) is 0 Å². The third-order valence-corrected chi connectivity index (χ3v) is 5.12. The van der Waals surface area contributed by atoms with Crippen LogP contribution in [-0.4, -0.2) is 55.0 Å². The predicted octanol–water partition coefficient (Wildman–Crippen LogP) is 3.47. The van der Waals surface area contributed by atoms with E-state index in [1.54, 1.807) is 37.3 Å². The van der Waals surface area contributed by atoms with Crippen LogP contribution in [0.3, 0.4) is 0 Å². The van der Waals surface area contributed by atoms with E-state index in [0.29, 0.717) is 5.56 Å². The van der Waals surface area contributed by atoms with Crippen molar-refractivity contribution in [1.82, 2.24) is 4.90 Å². The first-order valence-electron chi connectivity index (χ1n) is 10.6.